The van der Waals surface area contributed by atoms with Crippen molar-refractivity contribution in [3.05, 3.63) is 4.91 Å². The summed E-state index contributed by atoms with van der Waals surface area (Å²) < 4.78 is 4.63. The summed E-state index contributed by atoms with van der Waals surface area (Å²) in [5.74, 6) is -2.50. The van der Waals surface area contributed by atoms with Gasteiger partial charge in [-0.05, 0) is 12.8 Å². The minimum absolute atomic E-state index is 0.0133. The number of carboxylic acids is 1. The van der Waals surface area contributed by atoms with E-state index in [1.807, 2.05) is 5.32 Å². The second-order valence-corrected chi connectivity index (χ2v) is 5.83. The SMILES string of the molecule is O=C[C@H](NC(=O)N(CCCl)N=O)[C@@H](O)[C@H](O)[C@H](O)C(=O)OCCCCC(=O)O. The van der Waals surface area contributed by atoms with Gasteiger partial charge in [-0.3, -0.25) is 4.79 Å². The zero-order valence-electron chi connectivity index (χ0n) is 14.6. The molecule has 13 nitrogen and oxygen atoms in total. The molecular weight excluding hydrogens is 406 g/mol. The number of hydrogen-bond acceptors (Lipinski definition) is 10. The van der Waals surface area contributed by atoms with Crippen LogP contribution in [-0.4, -0.2) is 93.1 Å². The Hall–Kier alpha value is -2.35. The standard InChI is InChI=1S/C14H22ClN3O10/c15-4-5-18(17-27)14(26)16-8(7-19)10(22)11(23)12(24)13(25)28-6-2-1-3-9(20)21/h7-8,10-12,22-24H,1-6H2,(H,16,26)(H,20,21)/t8-,10+,11-,12-/m0/s1. The molecule has 160 valence electrons. The van der Waals surface area contributed by atoms with Gasteiger partial charge in [0.05, 0.1) is 18.4 Å². The lowest BCUT2D eigenvalue weighted by atomic mass is 10.0. The molecule has 0 unspecified atom stereocenters. The van der Waals surface area contributed by atoms with Crippen LogP contribution in [0.3, 0.4) is 0 Å². The van der Waals surface area contributed by atoms with Crippen molar-refractivity contribution in [3.63, 3.8) is 0 Å². The second kappa shape index (κ2) is 13.8. The number of hydrogen-bond donors (Lipinski definition) is 5. The number of carboxylic acid groups (broad SMARTS) is 1. The highest BCUT2D eigenvalue weighted by Crippen LogP contribution is 2.08. The first-order chi connectivity index (χ1) is 13.2. The van der Waals surface area contributed by atoms with Gasteiger partial charge in [-0.1, -0.05) is 0 Å². The number of nitroso groups, excluding NO2 is 1. The fourth-order valence-corrected chi connectivity index (χ4v) is 2.01. The molecule has 0 rings (SSSR count). The van der Waals surface area contributed by atoms with Gasteiger partial charge in [-0.15, -0.1) is 16.5 Å². The van der Waals surface area contributed by atoms with Crippen molar-refractivity contribution in [1.82, 2.24) is 10.3 Å². The molecule has 28 heavy (non-hydrogen) atoms. The monoisotopic (exact) mass is 427 g/mol. The van der Waals surface area contributed by atoms with Crippen molar-refractivity contribution in [2.45, 2.75) is 43.6 Å². The Balaban J connectivity index is 4.67. The van der Waals surface area contributed by atoms with Crippen molar-refractivity contribution in [3.8, 4) is 0 Å². The Morgan fingerprint density at radius 3 is 2.32 bits per heavy atom. The van der Waals surface area contributed by atoms with Gasteiger partial charge in [-0.2, -0.15) is 5.01 Å². The largest absolute Gasteiger partial charge is 0.481 e. The summed E-state index contributed by atoms with van der Waals surface area (Å²) in [6, 6.07) is -2.99. The number of amides is 2. The minimum Gasteiger partial charge on any atom is -0.481 e. The Morgan fingerprint density at radius 1 is 1.18 bits per heavy atom. The maximum atomic E-state index is 11.7. The highest BCUT2D eigenvalue weighted by molar-refractivity contribution is 6.18. The summed E-state index contributed by atoms with van der Waals surface area (Å²) >= 11 is 5.36. The van der Waals surface area contributed by atoms with Crippen LogP contribution in [0.1, 0.15) is 19.3 Å². The lowest BCUT2D eigenvalue weighted by molar-refractivity contribution is -0.166. The van der Waals surface area contributed by atoms with Crippen LogP contribution in [0.4, 0.5) is 4.79 Å². The van der Waals surface area contributed by atoms with Crippen LogP contribution in [0.15, 0.2) is 5.29 Å². The number of carbonyl (C=O) groups excluding carboxylic acids is 3. The molecule has 14 heteroatoms. The van der Waals surface area contributed by atoms with Gasteiger partial charge in [0, 0.05) is 12.3 Å². The quantitative estimate of drug-likeness (QED) is 0.0534. The number of nitrogens with one attached hydrogen (secondary N) is 1. The van der Waals surface area contributed by atoms with Crippen LogP contribution < -0.4 is 5.32 Å². The molecule has 0 radical (unpaired) electrons. The maximum Gasteiger partial charge on any atom is 0.341 e. The zero-order chi connectivity index (χ0) is 21.7. The van der Waals surface area contributed by atoms with Gasteiger partial charge < -0.3 is 35.3 Å². The molecule has 0 aliphatic carbocycles. The molecule has 0 bridgehead atoms. The fraction of sp³-hybridized carbons (Fsp3) is 0.714. The van der Waals surface area contributed by atoms with Crippen molar-refractivity contribution >= 4 is 35.9 Å². The molecule has 0 fully saturated rings. The van der Waals surface area contributed by atoms with Crippen LogP contribution in [0.2, 0.25) is 0 Å². The topological polar surface area (TPSA) is 203 Å². The smallest absolute Gasteiger partial charge is 0.341 e. The van der Waals surface area contributed by atoms with Gasteiger partial charge >= 0.3 is 18.0 Å². The van der Waals surface area contributed by atoms with Gasteiger partial charge in [0.15, 0.2) is 6.10 Å². The molecular formula is C14H22ClN3O10. The summed E-state index contributed by atoms with van der Waals surface area (Å²) in [7, 11) is 0. The highest BCUT2D eigenvalue weighted by atomic mass is 35.5. The van der Waals surface area contributed by atoms with E-state index in [-0.39, 0.29) is 44.6 Å². The van der Waals surface area contributed by atoms with E-state index in [1.54, 1.807) is 0 Å². The third-order valence-corrected chi connectivity index (χ3v) is 3.55. The van der Waals surface area contributed by atoms with E-state index >= 15 is 0 Å². The van der Waals surface area contributed by atoms with E-state index < -0.39 is 42.3 Å². The average molecular weight is 428 g/mol. The molecule has 2 amide bonds. The van der Waals surface area contributed by atoms with Crippen LogP contribution in [0.5, 0.6) is 0 Å². The molecule has 5 N–H and O–H groups in total. The van der Waals surface area contributed by atoms with E-state index in [2.05, 4.69) is 10.0 Å². The predicted octanol–water partition coefficient (Wildman–Crippen LogP) is -1.63. The molecule has 0 heterocycles. The number of unbranched alkanes of at least 4 members (excludes halogenated alkanes) is 1. The van der Waals surface area contributed by atoms with Crippen molar-refractivity contribution in [2.24, 2.45) is 5.29 Å². The molecule has 0 saturated carbocycles. The lowest BCUT2D eigenvalue weighted by Crippen LogP contribution is -2.56. The summed E-state index contributed by atoms with van der Waals surface area (Å²) in [5, 5.41) is 42.5. The number of urea groups is 1. The molecule has 0 aromatic heterocycles. The number of alkyl halides is 1. The van der Waals surface area contributed by atoms with Crippen molar-refractivity contribution in [1.29, 1.82) is 0 Å². The summed E-state index contributed by atoms with van der Waals surface area (Å²) in [4.78, 5) is 55.3. The predicted molar refractivity (Wildman–Crippen MR) is 92.1 cm³/mol. The first-order valence-electron chi connectivity index (χ1n) is 8.04. The fourth-order valence-electron chi connectivity index (χ4n) is 1.85. The molecule has 0 saturated heterocycles. The number of nitrogens with zero attached hydrogens (tertiary/aromatic N) is 2. The first-order valence-corrected chi connectivity index (χ1v) is 8.58. The average Bonchev–Trinajstić information content (AvgIpc) is 2.67. The Labute approximate surface area is 164 Å². The minimum atomic E-state index is -2.25. The van der Waals surface area contributed by atoms with E-state index in [1.165, 1.54) is 0 Å². The number of halogens is 1. The van der Waals surface area contributed by atoms with E-state index in [0.29, 0.717) is 5.01 Å². The molecule has 0 aliphatic rings. The number of aliphatic carboxylic acids is 1. The van der Waals surface area contributed by atoms with Crippen molar-refractivity contribution < 1.29 is 44.3 Å². The van der Waals surface area contributed by atoms with Gasteiger partial charge in [-0.25, -0.2) is 9.59 Å². The van der Waals surface area contributed by atoms with Crippen molar-refractivity contribution in [2.75, 3.05) is 19.0 Å². The third-order valence-electron chi connectivity index (χ3n) is 3.38. The summed E-state index contributed by atoms with van der Waals surface area (Å²) in [5.41, 5.74) is 0. The number of aldehydes is 1. The first kappa shape index (κ1) is 25.6. The van der Waals surface area contributed by atoms with Gasteiger partial charge in [0.25, 0.3) is 0 Å². The number of ether oxygens (including phenoxy) is 1. The number of esters is 1. The zero-order valence-corrected chi connectivity index (χ0v) is 15.4. The third kappa shape index (κ3) is 9.03. The summed E-state index contributed by atoms with van der Waals surface area (Å²) in [6.07, 6.45) is -6.32. The van der Waals surface area contributed by atoms with Crippen LogP contribution in [-0.2, 0) is 19.1 Å². The van der Waals surface area contributed by atoms with E-state index in [4.69, 9.17) is 16.7 Å². The second-order valence-electron chi connectivity index (χ2n) is 5.45. The molecule has 4 atom stereocenters. The number of aliphatic hydroxyl groups excluding tert-OH is 3. The molecule has 0 aromatic rings. The lowest BCUT2D eigenvalue weighted by Gasteiger charge is -2.26. The molecule has 0 aliphatic heterocycles. The number of carbonyl (C=O) groups is 4. The van der Waals surface area contributed by atoms with Gasteiger partial charge in [0.2, 0.25) is 0 Å². The highest BCUT2D eigenvalue weighted by Gasteiger charge is 2.37. The number of rotatable bonds is 14. The van der Waals surface area contributed by atoms with E-state index in [0.717, 1.165) is 0 Å². The Bertz CT molecular complexity index is 549. The normalized spacial score (nSPS) is 14.9. The summed E-state index contributed by atoms with van der Waals surface area (Å²) in [6.45, 7) is -0.532. The Morgan fingerprint density at radius 2 is 1.82 bits per heavy atom. The van der Waals surface area contributed by atoms with Crippen LogP contribution in [0.25, 0.3) is 0 Å². The van der Waals surface area contributed by atoms with E-state index in [9.17, 15) is 39.4 Å². The maximum absolute atomic E-state index is 11.7. The number of aliphatic hydroxyl groups is 3. The van der Waals surface area contributed by atoms with Crippen LogP contribution in [0, 0.1) is 4.91 Å². The van der Waals surface area contributed by atoms with Gasteiger partial charge in [0.1, 0.15) is 24.5 Å². The molecule has 0 aromatic carbocycles. The molecule has 0 spiro atoms. The van der Waals surface area contributed by atoms with Crippen LogP contribution >= 0.6 is 11.6 Å². The Kier molecular flexibility index (Phi) is 12.6.